The van der Waals surface area contributed by atoms with Gasteiger partial charge in [-0.15, -0.1) is 0 Å². The van der Waals surface area contributed by atoms with Gasteiger partial charge in [0, 0.05) is 32.2 Å². The van der Waals surface area contributed by atoms with Gasteiger partial charge in [0.25, 0.3) is 0 Å². The van der Waals surface area contributed by atoms with Crippen LogP contribution in [0.1, 0.15) is 24.2 Å². The number of nitrogens with zero attached hydrogens (tertiary/aromatic N) is 3. The van der Waals surface area contributed by atoms with Gasteiger partial charge < -0.3 is 15.7 Å². The van der Waals surface area contributed by atoms with Crippen LogP contribution in [0.2, 0.25) is 0 Å². The highest BCUT2D eigenvalue weighted by atomic mass is 16.4. The Kier molecular flexibility index (Phi) is 3.90. The van der Waals surface area contributed by atoms with Crippen molar-refractivity contribution < 1.29 is 9.90 Å². The van der Waals surface area contributed by atoms with Crippen LogP contribution in [0.3, 0.4) is 0 Å². The molecule has 6 heteroatoms. The Morgan fingerprint density at radius 2 is 2.00 bits per heavy atom. The molecular formula is C13H20N4O2. The standard InChI is InChI=1S/C13H20N4O2/c1-9(2)16-3-5-17(6-4-16)12-7-10(13(18)19)11(14)8-15-12/h7-9H,3-6,14H2,1-2H3,(H,18,19). The molecule has 0 bridgehead atoms. The molecule has 2 heterocycles. The summed E-state index contributed by atoms with van der Waals surface area (Å²) in [4.78, 5) is 19.8. The molecule has 1 aromatic rings. The molecule has 1 aromatic heterocycles. The number of piperazine rings is 1. The van der Waals surface area contributed by atoms with Crippen molar-refractivity contribution in [1.82, 2.24) is 9.88 Å². The molecule has 0 atom stereocenters. The first-order chi connectivity index (χ1) is 8.99. The molecule has 19 heavy (non-hydrogen) atoms. The van der Waals surface area contributed by atoms with E-state index in [0.29, 0.717) is 11.9 Å². The number of aromatic carboxylic acids is 1. The van der Waals surface area contributed by atoms with Gasteiger partial charge in [0.05, 0.1) is 17.4 Å². The summed E-state index contributed by atoms with van der Waals surface area (Å²) >= 11 is 0. The number of carboxylic acid groups (broad SMARTS) is 1. The van der Waals surface area contributed by atoms with Crippen molar-refractivity contribution in [3.63, 3.8) is 0 Å². The van der Waals surface area contributed by atoms with E-state index in [9.17, 15) is 4.79 Å². The summed E-state index contributed by atoms with van der Waals surface area (Å²) in [5.74, 6) is -0.322. The number of carboxylic acids is 1. The molecule has 0 aromatic carbocycles. The number of pyridine rings is 1. The molecular weight excluding hydrogens is 244 g/mol. The van der Waals surface area contributed by atoms with Crippen LogP contribution in [-0.2, 0) is 0 Å². The fraction of sp³-hybridized carbons (Fsp3) is 0.538. The predicted molar refractivity (Wildman–Crippen MR) is 74.5 cm³/mol. The molecule has 0 saturated carbocycles. The predicted octanol–water partition coefficient (Wildman–Crippen LogP) is 0.892. The lowest BCUT2D eigenvalue weighted by Gasteiger charge is -2.37. The van der Waals surface area contributed by atoms with Gasteiger partial charge in [-0.2, -0.15) is 0 Å². The van der Waals surface area contributed by atoms with E-state index < -0.39 is 5.97 Å². The van der Waals surface area contributed by atoms with Crippen LogP contribution in [-0.4, -0.2) is 53.2 Å². The Bertz CT molecular complexity index is 468. The molecule has 104 valence electrons. The first-order valence-corrected chi connectivity index (χ1v) is 6.47. The maximum atomic E-state index is 11.1. The van der Waals surface area contributed by atoms with Crippen molar-refractivity contribution >= 4 is 17.5 Å². The third-order valence-corrected chi connectivity index (χ3v) is 3.52. The van der Waals surface area contributed by atoms with Crippen LogP contribution in [0.4, 0.5) is 11.5 Å². The summed E-state index contributed by atoms with van der Waals surface area (Å²) in [5, 5.41) is 9.07. The van der Waals surface area contributed by atoms with Crippen molar-refractivity contribution in [2.75, 3.05) is 36.8 Å². The fourth-order valence-electron chi connectivity index (χ4n) is 2.28. The van der Waals surface area contributed by atoms with Crippen LogP contribution in [0.15, 0.2) is 12.3 Å². The number of nitrogen functional groups attached to an aromatic ring is 1. The molecule has 0 aliphatic carbocycles. The molecule has 1 aliphatic heterocycles. The second-order valence-electron chi connectivity index (χ2n) is 5.05. The number of nitrogens with two attached hydrogens (primary N) is 1. The minimum atomic E-state index is -1.01. The average molecular weight is 264 g/mol. The van der Waals surface area contributed by atoms with E-state index in [1.165, 1.54) is 6.20 Å². The lowest BCUT2D eigenvalue weighted by molar-refractivity contribution is 0.0698. The van der Waals surface area contributed by atoms with Crippen LogP contribution >= 0.6 is 0 Å². The Hall–Kier alpha value is -1.82. The number of hydrogen-bond donors (Lipinski definition) is 2. The van der Waals surface area contributed by atoms with Crippen molar-refractivity contribution in [3.05, 3.63) is 17.8 Å². The highest BCUT2D eigenvalue weighted by Crippen LogP contribution is 2.20. The second kappa shape index (κ2) is 5.44. The quantitative estimate of drug-likeness (QED) is 0.843. The highest BCUT2D eigenvalue weighted by molar-refractivity contribution is 5.94. The van der Waals surface area contributed by atoms with Crippen LogP contribution in [0.25, 0.3) is 0 Å². The maximum Gasteiger partial charge on any atom is 0.337 e. The van der Waals surface area contributed by atoms with Gasteiger partial charge in [-0.05, 0) is 19.9 Å². The van der Waals surface area contributed by atoms with Crippen molar-refractivity contribution in [2.24, 2.45) is 0 Å². The minimum absolute atomic E-state index is 0.122. The molecule has 6 nitrogen and oxygen atoms in total. The van der Waals surface area contributed by atoms with E-state index in [2.05, 4.69) is 28.6 Å². The van der Waals surface area contributed by atoms with Gasteiger partial charge in [-0.3, -0.25) is 4.90 Å². The topological polar surface area (TPSA) is 82.7 Å². The summed E-state index contributed by atoms with van der Waals surface area (Å²) in [5.41, 5.74) is 5.94. The number of hydrogen-bond acceptors (Lipinski definition) is 5. The van der Waals surface area contributed by atoms with Crippen LogP contribution in [0.5, 0.6) is 0 Å². The van der Waals surface area contributed by atoms with E-state index in [4.69, 9.17) is 10.8 Å². The summed E-state index contributed by atoms with van der Waals surface area (Å²) in [6.45, 7) is 8.00. The van der Waals surface area contributed by atoms with Crippen molar-refractivity contribution in [1.29, 1.82) is 0 Å². The molecule has 2 rings (SSSR count). The maximum absolute atomic E-state index is 11.1. The zero-order chi connectivity index (χ0) is 14.0. The average Bonchev–Trinajstić information content (AvgIpc) is 2.39. The molecule has 0 radical (unpaired) electrons. The first kappa shape index (κ1) is 13.6. The molecule has 1 saturated heterocycles. The number of rotatable bonds is 3. The Morgan fingerprint density at radius 3 is 2.53 bits per heavy atom. The van der Waals surface area contributed by atoms with E-state index in [1.54, 1.807) is 6.07 Å². The Morgan fingerprint density at radius 1 is 1.37 bits per heavy atom. The largest absolute Gasteiger partial charge is 0.478 e. The van der Waals surface area contributed by atoms with Gasteiger partial charge in [0.15, 0.2) is 0 Å². The summed E-state index contributed by atoms with van der Waals surface area (Å²) < 4.78 is 0. The summed E-state index contributed by atoms with van der Waals surface area (Å²) in [6.07, 6.45) is 1.42. The normalized spacial score (nSPS) is 16.9. The molecule has 3 N–H and O–H groups in total. The van der Waals surface area contributed by atoms with Gasteiger partial charge in [-0.1, -0.05) is 0 Å². The zero-order valence-corrected chi connectivity index (χ0v) is 11.3. The third-order valence-electron chi connectivity index (χ3n) is 3.52. The van der Waals surface area contributed by atoms with Crippen molar-refractivity contribution in [3.8, 4) is 0 Å². The molecule has 1 aliphatic rings. The lowest BCUT2D eigenvalue weighted by Crippen LogP contribution is -2.49. The van der Waals surface area contributed by atoms with E-state index in [1.807, 2.05) is 0 Å². The van der Waals surface area contributed by atoms with Gasteiger partial charge in [-0.25, -0.2) is 9.78 Å². The highest BCUT2D eigenvalue weighted by Gasteiger charge is 2.21. The van der Waals surface area contributed by atoms with Crippen molar-refractivity contribution in [2.45, 2.75) is 19.9 Å². The third kappa shape index (κ3) is 2.96. The second-order valence-corrected chi connectivity index (χ2v) is 5.05. The van der Waals surface area contributed by atoms with E-state index >= 15 is 0 Å². The zero-order valence-electron chi connectivity index (χ0n) is 11.3. The van der Waals surface area contributed by atoms with Crippen LogP contribution < -0.4 is 10.6 Å². The molecule has 0 unspecified atom stereocenters. The van der Waals surface area contributed by atoms with Gasteiger partial charge in [0.1, 0.15) is 5.82 Å². The summed E-state index contributed by atoms with van der Waals surface area (Å²) in [6, 6.07) is 2.10. The van der Waals surface area contributed by atoms with E-state index in [0.717, 1.165) is 26.2 Å². The Balaban J connectivity index is 2.12. The monoisotopic (exact) mass is 264 g/mol. The summed E-state index contributed by atoms with van der Waals surface area (Å²) in [7, 11) is 0. The molecule has 0 spiro atoms. The van der Waals surface area contributed by atoms with Crippen LogP contribution in [0, 0.1) is 0 Å². The minimum Gasteiger partial charge on any atom is -0.478 e. The number of anilines is 2. The first-order valence-electron chi connectivity index (χ1n) is 6.47. The SMILES string of the molecule is CC(C)N1CCN(c2cc(C(=O)O)c(N)cn2)CC1. The molecule has 0 amide bonds. The Labute approximate surface area is 112 Å². The number of aromatic nitrogens is 1. The number of carbonyl (C=O) groups is 1. The lowest BCUT2D eigenvalue weighted by atomic mass is 10.2. The van der Waals surface area contributed by atoms with E-state index in [-0.39, 0.29) is 11.3 Å². The van der Waals surface area contributed by atoms with Gasteiger partial charge >= 0.3 is 5.97 Å². The molecule has 1 fully saturated rings. The smallest absolute Gasteiger partial charge is 0.337 e. The fourth-order valence-corrected chi connectivity index (χ4v) is 2.28. The van der Waals surface area contributed by atoms with Gasteiger partial charge in [0.2, 0.25) is 0 Å².